The molecule has 0 spiro atoms. The van der Waals surface area contributed by atoms with Crippen molar-refractivity contribution in [2.75, 3.05) is 0 Å². The average molecular weight is 138 g/mol. The molecule has 0 aromatic rings. The molecule has 0 heterocycles. The molecule has 0 aromatic heterocycles. The maximum absolute atomic E-state index is 11.0. The Morgan fingerprint density at radius 2 is 2.40 bits per heavy atom. The number of allylic oxidation sites excluding steroid dienone is 2. The Morgan fingerprint density at radius 3 is 2.80 bits per heavy atom. The molecule has 0 amide bonds. The Morgan fingerprint density at radius 1 is 1.70 bits per heavy atom. The largest absolute Gasteiger partial charge is 0.299 e. The van der Waals surface area contributed by atoms with Crippen LogP contribution in [0.5, 0.6) is 0 Å². The van der Waals surface area contributed by atoms with Gasteiger partial charge in [-0.15, -0.1) is 0 Å². The summed E-state index contributed by atoms with van der Waals surface area (Å²) in [5.74, 6) is 0.607. The second kappa shape index (κ2) is 3.00. The summed E-state index contributed by atoms with van der Waals surface area (Å²) in [6.45, 7) is 3.72. The summed E-state index contributed by atoms with van der Waals surface area (Å²) in [6.07, 6.45) is 5.51. The molecule has 0 aliphatic heterocycles. The van der Waals surface area contributed by atoms with E-state index in [-0.39, 0.29) is 5.92 Å². The summed E-state index contributed by atoms with van der Waals surface area (Å²) >= 11 is 0. The van der Waals surface area contributed by atoms with Gasteiger partial charge in [-0.2, -0.15) is 0 Å². The first kappa shape index (κ1) is 7.52. The highest BCUT2D eigenvalue weighted by Gasteiger charge is 2.23. The number of carbonyl (C=O) groups excluding carboxylic acids is 1. The standard InChI is InChI=1S/C9H14O/c1-3-8-5-4-6-9(8)7(2)10/h3,9H,4-6H2,1-2H3/b8-3-. The summed E-state index contributed by atoms with van der Waals surface area (Å²) in [7, 11) is 0. The highest BCUT2D eigenvalue weighted by atomic mass is 16.1. The van der Waals surface area contributed by atoms with Crippen molar-refractivity contribution in [2.24, 2.45) is 5.92 Å². The zero-order chi connectivity index (χ0) is 7.56. The van der Waals surface area contributed by atoms with E-state index in [0.29, 0.717) is 5.78 Å². The molecular weight excluding hydrogens is 124 g/mol. The third kappa shape index (κ3) is 1.28. The fraction of sp³-hybridized carbons (Fsp3) is 0.667. The molecule has 56 valence electrons. The van der Waals surface area contributed by atoms with Gasteiger partial charge in [-0.3, -0.25) is 4.79 Å². The van der Waals surface area contributed by atoms with E-state index in [1.807, 2.05) is 6.92 Å². The molecule has 1 rings (SSSR count). The minimum absolute atomic E-state index is 0.269. The van der Waals surface area contributed by atoms with E-state index >= 15 is 0 Å². The van der Waals surface area contributed by atoms with Gasteiger partial charge < -0.3 is 0 Å². The molecule has 1 heteroatoms. The van der Waals surface area contributed by atoms with Crippen molar-refractivity contribution in [3.8, 4) is 0 Å². The Kier molecular flexibility index (Phi) is 2.25. The van der Waals surface area contributed by atoms with Gasteiger partial charge in [0.2, 0.25) is 0 Å². The number of rotatable bonds is 1. The predicted octanol–water partition coefficient (Wildman–Crippen LogP) is 2.32. The van der Waals surface area contributed by atoms with Gasteiger partial charge in [0.05, 0.1) is 0 Å². The van der Waals surface area contributed by atoms with E-state index in [1.165, 1.54) is 12.0 Å². The van der Waals surface area contributed by atoms with Crippen LogP contribution < -0.4 is 0 Å². The number of ketones is 1. The summed E-state index contributed by atoms with van der Waals surface area (Å²) in [6, 6.07) is 0. The Labute approximate surface area is 62.1 Å². The van der Waals surface area contributed by atoms with E-state index in [1.54, 1.807) is 6.92 Å². The van der Waals surface area contributed by atoms with Crippen molar-refractivity contribution >= 4 is 5.78 Å². The van der Waals surface area contributed by atoms with Crippen LogP contribution in [0.2, 0.25) is 0 Å². The van der Waals surface area contributed by atoms with Crippen molar-refractivity contribution in [3.05, 3.63) is 11.6 Å². The fourth-order valence-corrected chi connectivity index (χ4v) is 1.68. The second-order valence-electron chi connectivity index (χ2n) is 2.92. The maximum Gasteiger partial charge on any atom is 0.136 e. The van der Waals surface area contributed by atoms with Crippen molar-refractivity contribution in [1.29, 1.82) is 0 Å². The normalized spacial score (nSPS) is 29.4. The first-order valence-electron chi connectivity index (χ1n) is 3.91. The Bertz CT molecular complexity index is 168. The average Bonchev–Trinajstić information content (AvgIpc) is 2.33. The third-order valence-electron chi connectivity index (χ3n) is 2.27. The molecule has 1 nitrogen and oxygen atoms in total. The van der Waals surface area contributed by atoms with Crippen LogP contribution in [0.3, 0.4) is 0 Å². The first-order chi connectivity index (χ1) is 4.75. The highest BCUT2D eigenvalue weighted by Crippen LogP contribution is 2.31. The smallest absolute Gasteiger partial charge is 0.136 e. The van der Waals surface area contributed by atoms with Gasteiger partial charge in [0.15, 0.2) is 0 Å². The molecular formula is C9H14O. The van der Waals surface area contributed by atoms with Crippen LogP contribution in [0.25, 0.3) is 0 Å². The summed E-state index contributed by atoms with van der Waals surface area (Å²) in [5.41, 5.74) is 1.35. The van der Waals surface area contributed by atoms with Crippen LogP contribution in [0.4, 0.5) is 0 Å². The highest BCUT2D eigenvalue weighted by molar-refractivity contribution is 5.81. The van der Waals surface area contributed by atoms with E-state index in [2.05, 4.69) is 6.08 Å². The molecule has 0 N–H and O–H groups in total. The van der Waals surface area contributed by atoms with Crippen LogP contribution in [-0.4, -0.2) is 5.78 Å². The topological polar surface area (TPSA) is 17.1 Å². The van der Waals surface area contributed by atoms with Crippen molar-refractivity contribution in [3.63, 3.8) is 0 Å². The van der Waals surface area contributed by atoms with Crippen LogP contribution in [0.1, 0.15) is 33.1 Å². The minimum Gasteiger partial charge on any atom is -0.299 e. The summed E-state index contributed by atoms with van der Waals surface area (Å²) in [4.78, 5) is 11.0. The van der Waals surface area contributed by atoms with Gasteiger partial charge in [0.1, 0.15) is 5.78 Å². The lowest BCUT2D eigenvalue weighted by Gasteiger charge is -2.05. The first-order valence-corrected chi connectivity index (χ1v) is 3.91. The molecule has 1 atom stereocenters. The molecule has 0 radical (unpaired) electrons. The van der Waals surface area contributed by atoms with Crippen LogP contribution >= 0.6 is 0 Å². The van der Waals surface area contributed by atoms with Crippen LogP contribution in [-0.2, 0) is 4.79 Å². The predicted molar refractivity (Wildman–Crippen MR) is 41.8 cm³/mol. The second-order valence-corrected chi connectivity index (χ2v) is 2.92. The zero-order valence-corrected chi connectivity index (χ0v) is 6.68. The molecule has 0 bridgehead atoms. The number of hydrogen-bond acceptors (Lipinski definition) is 1. The van der Waals surface area contributed by atoms with Crippen LogP contribution in [0.15, 0.2) is 11.6 Å². The lowest BCUT2D eigenvalue weighted by atomic mass is 9.99. The van der Waals surface area contributed by atoms with Gasteiger partial charge in [-0.1, -0.05) is 11.6 Å². The van der Waals surface area contributed by atoms with Gasteiger partial charge in [0, 0.05) is 5.92 Å². The van der Waals surface area contributed by atoms with E-state index in [0.717, 1.165) is 12.8 Å². The Balaban J connectivity index is 2.68. The van der Waals surface area contributed by atoms with E-state index < -0.39 is 0 Å². The number of hydrogen-bond donors (Lipinski definition) is 0. The molecule has 1 aliphatic carbocycles. The zero-order valence-electron chi connectivity index (χ0n) is 6.68. The lowest BCUT2D eigenvalue weighted by molar-refractivity contribution is -0.119. The van der Waals surface area contributed by atoms with Gasteiger partial charge in [-0.25, -0.2) is 0 Å². The Hall–Kier alpha value is -0.590. The van der Waals surface area contributed by atoms with Crippen LogP contribution in [0, 0.1) is 5.92 Å². The monoisotopic (exact) mass is 138 g/mol. The SMILES string of the molecule is C/C=C1/CCCC1C(C)=O. The summed E-state index contributed by atoms with van der Waals surface area (Å²) < 4.78 is 0. The van der Waals surface area contributed by atoms with Crippen molar-refractivity contribution in [2.45, 2.75) is 33.1 Å². The van der Waals surface area contributed by atoms with Crippen molar-refractivity contribution in [1.82, 2.24) is 0 Å². The molecule has 10 heavy (non-hydrogen) atoms. The molecule has 1 aliphatic rings. The van der Waals surface area contributed by atoms with Gasteiger partial charge in [0.25, 0.3) is 0 Å². The fourth-order valence-electron chi connectivity index (χ4n) is 1.68. The van der Waals surface area contributed by atoms with E-state index in [4.69, 9.17) is 0 Å². The maximum atomic E-state index is 11.0. The quantitative estimate of drug-likeness (QED) is 0.508. The van der Waals surface area contributed by atoms with Crippen molar-refractivity contribution < 1.29 is 4.79 Å². The van der Waals surface area contributed by atoms with E-state index in [9.17, 15) is 4.79 Å². The molecule has 0 saturated heterocycles. The summed E-state index contributed by atoms with van der Waals surface area (Å²) in [5, 5.41) is 0. The van der Waals surface area contributed by atoms with Gasteiger partial charge >= 0.3 is 0 Å². The molecule has 0 aromatic carbocycles. The molecule has 1 unspecified atom stereocenters. The number of Topliss-reactive ketones (excluding diaryl/α,β-unsaturated/α-hetero) is 1. The number of carbonyl (C=O) groups is 1. The lowest BCUT2D eigenvalue weighted by Crippen LogP contribution is -2.07. The third-order valence-corrected chi connectivity index (χ3v) is 2.27. The van der Waals surface area contributed by atoms with Gasteiger partial charge in [-0.05, 0) is 33.1 Å². The molecule has 1 fully saturated rings. The molecule has 1 saturated carbocycles. The minimum atomic E-state index is 0.269.